The van der Waals surface area contributed by atoms with E-state index in [2.05, 4.69) is 5.32 Å². The van der Waals surface area contributed by atoms with Crippen molar-refractivity contribution in [3.05, 3.63) is 53.7 Å². The number of carbonyl (C=O) groups is 2. The summed E-state index contributed by atoms with van der Waals surface area (Å²) in [5.41, 5.74) is 5.16. The molecular formula is C17H18FN3O3. The number of hydrogen-bond donors (Lipinski definition) is 2. The van der Waals surface area contributed by atoms with Crippen LogP contribution < -0.4 is 11.1 Å². The summed E-state index contributed by atoms with van der Waals surface area (Å²) < 4.78 is 19.4. The fraction of sp³-hybridized carbons (Fsp3) is 0.294. The largest absolute Gasteiger partial charge is 0.467 e. The molecule has 6 nitrogen and oxygen atoms in total. The van der Waals surface area contributed by atoms with Crippen LogP contribution >= 0.6 is 0 Å². The molecule has 1 atom stereocenters. The Labute approximate surface area is 138 Å². The van der Waals surface area contributed by atoms with Gasteiger partial charge in [0.05, 0.1) is 18.0 Å². The Kier molecular flexibility index (Phi) is 4.24. The Hall–Kier alpha value is -2.83. The van der Waals surface area contributed by atoms with E-state index in [1.54, 1.807) is 23.3 Å². The maximum Gasteiger partial charge on any atom is 0.322 e. The first-order chi connectivity index (χ1) is 11.5. The molecule has 2 aromatic rings. The highest BCUT2D eigenvalue weighted by atomic mass is 19.1. The lowest BCUT2D eigenvalue weighted by atomic mass is 10.2. The Bertz CT molecular complexity index is 756. The fourth-order valence-corrected chi connectivity index (χ4v) is 2.63. The smallest absolute Gasteiger partial charge is 0.322 e. The van der Waals surface area contributed by atoms with Crippen molar-refractivity contribution in [3.63, 3.8) is 0 Å². The molecule has 1 heterocycles. The molecule has 1 aliphatic rings. The van der Waals surface area contributed by atoms with Crippen LogP contribution in [0.1, 0.15) is 41.9 Å². The number of hydrogen-bond acceptors (Lipinski definition) is 3. The minimum atomic E-state index is -0.724. The van der Waals surface area contributed by atoms with Gasteiger partial charge in [-0.1, -0.05) is 0 Å². The van der Waals surface area contributed by atoms with E-state index in [9.17, 15) is 14.0 Å². The minimum Gasteiger partial charge on any atom is -0.467 e. The molecule has 7 heteroatoms. The number of nitrogens with zero attached hydrogens (tertiary/aromatic N) is 1. The third-order valence-corrected chi connectivity index (χ3v) is 4.04. The van der Waals surface area contributed by atoms with Crippen molar-refractivity contribution < 1.29 is 18.4 Å². The number of nitrogens with two attached hydrogens (primary N) is 1. The molecule has 0 bridgehead atoms. The van der Waals surface area contributed by atoms with Crippen molar-refractivity contribution in [1.82, 2.24) is 4.90 Å². The average Bonchev–Trinajstić information content (AvgIpc) is 3.21. The zero-order chi connectivity index (χ0) is 17.3. The highest BCUT2D eigenvalue weighted by Gasteiger charge is 2.37. The van der Waals surface area contributed by atoms with Crippen LogP contribution in [0.15, 0.2) is 41.0 Å². The number of urea groups is 1. The average molecular weight is 331 g/mol. The SMILES string of the molecule is C[C@@H](c1ccco1)N(C(=O)Nc1ccc(C(N)=O)cc1F)C1CC1. The number of carbonyl (C=O) groups excluding carboxylic acids is 2. The molecule has 1 fully saturated rings. The molecule has 3 rings (SSSR count). The van der Waals surface area contributed by atoms with Crippen molar-refractivity contribution in [1.29, 1.82) is 0 Å². The van der Waals surface area contributed by atoms with E-state index in [-0.39, 0.29) is 23.3 Å². The third-order valence-electron chi connectivity index (χ3n) is 4.04. The molecule has 24 heavy (non-hydrogen) atoms. The second kappa shape index (κ2) is 6.35. The van der Waals surface area contributed by atoms with E-state index in [4.69, 9.17) is 10.2 Å². The minimum absolute atomic E-state index is 0.00212. The van der Waals surface area contributed by atoms with E-state index in [1.165, 1.54) is 12.1 Å². The van der Waals surface area contributed by atoms with Crippen LogP contribution in [-0.2, 0) is 0 Å². The van der Waals surface area contributed by atoms with E-state index < -0.39 is 17.8 Å². The molecule has 0 unspecified atom stereocenters. The van der Waals surface area contributed by atoms with Gasteiger partial charge in [-0.25, -0.2) is 9.18 Å². The standard InChI is InChI=1S/C17H18FN3O3/c1-10(15-3-2-8-24-15)21(12-5-6-12)17(23)20-14-7-4-11(16(19)22)9-13(14)18/h2-4,7-10,12H,5-6H2,1H3,(H2,19,22)(H,20,23)/t10-/m0/s1. The second-order valence-electron chi connectivity index (χ2n) is 5.82. The molecule has 1 aromatic carbocycles. The van der Waals surface area contributed by atoms with Crippen LogP contribution in [0.4, 0.5) is 14.9 Å². The highest BCUT2D eigenvalue weighted by molar-refractivity contribution is 5.94. The quantitative estimate of drug-likeness (QED) is 0.881. The van der Waals surface area contributed by atoms with E-state index >= 15 is 0 Å². The maximum absolute atomic E-state index is 14.1. The summed E-state index contributed by atoms with van der Waals surface area (Å²) in [7, 11) is 0. The predicted molar refractivity (Wildman–Crippen MR) is 85.9 cm³/mol. The van der Waals surface area contributed by atoms with Crippen molar-refractivity contribution in [3.8, 4) is 0 Å². The number of furan rings is 1. The van der Waals surface area contributed by atoms with Crippen LogP contribution in [0.5, 0.6) is 0 Å². The molecule has 0 spiro atoms. The van der Waals surface area contributed by atoms with Crippen LogP contribution in [0.25, 0.3) is 0 Å². The van der Waals surface area contributed by atoms with Gasteiger partial charge < -0.3 is 20.4 Å². The summed E-state index contributed by atoms with van der Waals surface area (Å²) in [6.07, 6.45) is 3.36. The highest BCUT2D eigenvalue weighted by Crippen LogP contribution is 2.35. The molecule has 1 saturated carbocycles. The molecule has 0 saturated heterocycles. The zero-order valence-corrected chi connectivity index (χ0v) is 13.2. The number of rotatable bonds is 5. The van der Waals surface area contributed by atoms with Gasteiger partial charge in [0.1, 0.15) is 11.6 Å². The molecule has 1 aliphatic carbocycles. The van der Waals surface area contributed by atoms with Crippen molar-refractivity contribution in [2.45, 2.75) is 31.8 Å². The van der Waals surface area contributed by atoms with E-state index in [0.29, 0.717) is 5.76 Å². The monoisotopic (exact) mass is 331 g/mol. The Balaban J connectivity index is 1.78. The molecule has 0 aliphatic heterocycles. The summed E-state index contributed by atoms with van der Waals surface area (Å²) in [6.45, 7) is 1.86. The Morgan fingerprint density at radius 3 is 2.67 bits per heavy atom. The number of anilines is 1. The number of amides is 3. The van der Waals surface area contributed by atoms with Crippen LogP contribution in [0, 0.1) is 5.82 Å². The van der Waals surface area contributed by atoms with Crippen molar-refractivity contribution in [2.24, 2.45) is 5.73 Å². The summed E-state index contributed by atoms with van der Waals surface area (Å²) >= 11 is 0. The van der Waals surface area contributed by atoms with Crippen LogP contribution in [-0.4, -0.2) is 22.9 Å². The molecule has 3 amide bonds. The normalized spacial score (nSPS) is 14.9. The van der Waals surface area contributed by atoms with Crippen molar-refractivity contribution in [2.75, 3.05) is 5.32 Å². The lowest BCUT2D eigenvalue weighted by Gasteiger charge is -2.28. The fourth-order valence-electron chi connectivity index (χ4n) is 2.63. The Morgan fingerprint density at radius 2 is 2.12 bits per heavy atom. The predicted octanol–water partition coefficient (Wildman–Crippen LogP) is 3.28. The van der Waals surface area contributed by atoms with Gasteiger partial charge in [0, 0.05) is 11.6 Å². The Morgan fingerprint density at radius 1 is 1.38 bits per heavy atom. The van der Waals surface area contributed by atoms with Gasteiger partial charge in [0.2, 0.25) is 5.91 Å². The third kappa shape index (κ3) is 3.24. The van der Waals surface area contributed by atoms with Gasteiger partial charge in [-0.15, -0.1) is 0 Å². The van der Waals surface area contributed by atoms with E-state index in [0.717, 1.165) is 18.9 Å². The molecule has 126 valence electrons. The summed E-state index contributed by atoms with van der Waals surface area (Å²) in [5.74, 6) is -0.763. The second-order valence-corrected chi connectivity index (χ2v) is 5.82. The lowest BCUT2D eigenvalue weighted by Crippen LogP contribution is -2.38. The number of primary amides is 1. The van der Waals surface area contributed by atoms with Gasteiger partial charge in [-0.05, 0) is 50.1 Å². The number of halogens is 1. The van der Waals surface area contributed by atoms with Gasteiger partial charge in [-0.2, -0.15) is 0 Å². The van der Waals surface area contributed by atoms with Gasteiger partial charge in [-0.3, -0.25) is 4.79 Å². The first-order valence-electron chi connectivity index (χ1n) is 7.69. The van der Waals surface area contributed by atoms with Gasteiger partial charge >= 0.3 is 6.03 Å². The summed E-state index contributed by atoms with van der Waals surface area (Å²) in [5, 5.41) is 2.56. The first-order valence-corrected chi connectivity index (χ1v) is 7.69. The topological polar surface area (TPSA) is 88.6 Å². The van der Waals surface area contributed by atoms with Crippen LogP contribution in [0.2, 0.25) is 0 Å². The number of benzene rings is 1. The van der Waals surface area contributed by atoms with Crippen LogP contribution in [0.3, 0.4) is 0 Å². The number of nitrogens with one attached hydrogen (secondary N) is 1. The zero-order valence-electron chi connectivity index (χ0n) is 13.2. The summed E-state index contributed by atoms with van der Waals surface area (Å²) in [4.78, 5) is 25.3. The molecule has 1 aromatic heterocycles. The molecular weight excluding hydrogens is 313 g/mol. The first kappa shape index (κ1) is 16.0. The maximum atomic E-state index is 14.1. The van der Waals surface area contributed by atoms with E-state index in [1.807, 2.05) is 6.92 Å². The summed E-state index contributed by atoms with van der Waals surface area (Å²) in [6, 6.07) is 6.71. The lowest BCUT2D eigenvalue weighted by molar-refractivity contribution is 0.1000. The van der Waals surface area contributed by atoms with Gasteiger partial charge in [0.15, 0.2) is 0 Å². The molecule has 3 N–H and O–H groups in total. The van der Waals surface area contributed by atoms with Gasteiger partial charge in [0.25, 0.3) is 0 Å². The molecule has 0 radical (unpaired) electrons. The van der Waals surface area contributed by atoms with Crippen molar-refractivity contribution >= 4 is 17.6 Å².